The van der Waals surface area contributed by atoms with Gasteiger partial charge in [-0.05, 0) is 26.2 Å². The average molecular weight is 242 g/mol. The second-order valence-corrected chi connectivity index (χ2v) is 5.21. The third-order valence-corrected chi connectivity index (χ3v) is 2.67. The van der Waals surface area contributed by atoms with Crippen LogP contribution >= 0.6 is 0 Å². The van der Waals surface area contributed by atoms with Gasteiger partial charge in [0.15, 0.2) is 0 Å². The quantitative estimate of drug-likeness (QED) is 0.825. The lowest BCUT2D eigenvalue weighted by atomic mass is 10.0. The van der Waals surface area contributed by atoms with Gasteiger partial charge in [-0.25, -0.2) is 0 Å². The zero-order valence-corrected chi connectivity index (χ0v) is 11.2. The Balaban J connectivity index is 2.63. The Hall–Kier alpha value is -0.940. The summed E-state index contributed by atoms with van der Waals surface area (Å²) in [5.74, 6) is 1.41. The van der Waals surface area contributed by atoms with Crippen molar-refractivity contribution in [3.63, 3.8) is 0 Å². The van der Waals surface area contributed by atoms with Crippen molar-refractivity contribution in [2.75, 3.05) is 7.11 Å². The number of methoxy groups -OCH3 is 1. The molecule has 1 atom stereocenters. The Kier molecular flexibility index (Phi) is 4.65. The number of hydrogen-bond donors (Lipinski definition) is 1. The van der Waals surface area contributed by atoms with Gasteiger partial charge in [0.2, 0.25) is 11.7 Å². The molecule has 0 aliphatic heterocycles. The molecule has 0 saturated carbocycles. The van der Waals surface area contributed by atoms with E-state index in [1.165, 1.54) is 0 Å². The SMILES string of the molecule is COC(C)(C)c1noc(CC(O)CC(C)C)n1. The van der Waals surface area contributed by atoms with Crippen molar-refractivity contribution >= 4 is 0 Å². The van der Waals surface area contributed by atoms with E-state index in [0.717, 1.165) is 6.42 Å². The maximum atomic E-state index is 9.78. The summed E-state index contributed by atoms with van der Waals surface area (Å²) in [6, 6.07) is 0. The molecule has 0 aliphatic rings. The summed E-state index contributed by atoms with van der Waals surface area (Å²) >= 11 is 0. The number of hydrogen-bond acceptors (Lipinski definition) is 5. The molecule has 0 aromatic carbocycles. The first-order valence-electron chi connectivity index (χ1n) is 5.91. The molecule has 1 unspecified atom stereocenters. The van der Waals surface area contributed by atoms with E-state index in [1.54, 1.807) is 7.11 Å². The van der Waals surface area contributed by atoms with Crippen LogP contribution in [0, 0.1) is 5.92 Å². The van der Waals surface area contributed by atoms with Crippen LogP contribution in [0.4, 0.5) is 0 Å². The lowest BCUT2D eigenvalue weighted by molar-refractivity contribution is 0.00973. The Bertz CT molecular complexity index is 347. The highest BCUT2D eigenvalue weighted by molar-refractivity contribution is 4.97. The first-order valence-corrected chi connectivity index (χ1v) is 5.91. The van der Waals surface area contributed by atoms with E-state index in [4.69, 9.17) is 9.26 Å². The maximum Gasteiger partial charge on any atom is 0.229 e. The minimum absolute atomic E-state index is 0.394. The summed E-state index contributed by atoms with van der Waals surface area (Å²) in [5.41, 5.74) is -0.565. The number of aromatic nitrogens is 2. The van der Waals surface area contributed by atoms with Crippen LogP contribution in [-0.2, 0) is 16.8 Å². The fourth-order valence-corrected chi connectivity index (χ4v) is 1.50. The number of nitrogens with zero attached hydrogens (tertiary/aromatic N) is 2. The van der Waals surface area contributed by atoms with E-state index < -0.39 is 11.7 Å². The highest BCUT2D eigenvalue weighted by Crippen LogP contribution is 2.21. The van der Waals surface area contributed by atoms with Crippen LogP contribution in [-0.4, -0.2) is 28.5 Å². The van der Waals surface area contributed by atoms with Crippen LogP contribution in [0.15, 0.2) is 4.52 Å². The van der Waals surface area contributed by atoms with Gasteiger partial charge >= 0.3 is 0 Å². The smallest absolute Gasteiger partial charge is 0.229 e. The number of rotatable bonds is 6. The Morgan fingerprint density at radius 1 is 1.41 bits per heavy atom. The summed E-state index contributed by atoms with van der Waals surface area (Å²) in [4.78, 5) is 4.24. The molecule has 5 heteroatoms. The summed E-state index contributed by atoms with van der Waals surface area (Å²) in [5, 5.41) is 13.7. The van der Waals surface area contributed by atoms with Crippen LogP contribution in [0.5, 0.6) is 0 Å². The van der Waals surface area contributed by atoms with Crippen LogP contribution in [0.3, 0.4) is 0 Å². The molecule has 1 N–H and O–H groups in total. The van der Waals surface area contributed by atoms with Crippen molar-refractivity contribution in [1.82, 2.24) is 10.1 Å². The van der Waals surface area contributed by atoms with E-state index >= 15 is 0 Å². The monoisotopic (exact) mass is 242 g/mol. The summed E-state index contributed by atoms with van der Waals surface area (Å²) < 4.78 is 10.4. The van der Waals surface area contributed by atoms with Gasteiger partial charge in [0.1, 0.15) is 5.60 Å². The van der Waals surface area contributed by atoms with Crippen LogP contribution in [0.25, 0.3) is 0 Å². The molecule has 0 aliphatic carbocycles. The fraction of sp³-hybridized carbons (Fsp3) is 0.833. The third kappa shape index (κ3) is 4.09. The van der Waals surface area contributed by atoms with Crippen LogP contribution in [0.1, 0.15) is 45.8 Å². The molecule has 1 rings (SSSR count). The maximum absolute atomic E-state index is 9.78. The topological polar surface area (TPSA) is 68.4 Å². The van der Waals surface area contributed by atoms with Crippen LogP contribution < -0.4 is 0 Å². The zero-order valence-electron chi connectivity index (χ0n) is 11.2. The van der Waals surface area contributed by atoms with E-state index in [-0.39, 0.29) is 0 Å². The first kappa shape index (κ1) is 14.1. The minimum Gasteiger partial charge on any atom is -0.393 e. The standard InChI is InChI=1S/C12H22N2O3/c1-8(2)6-9(15)7-10-13-11(14-17-10)12(3,4)16-5/h8-9,15H,6-7H2,1-5H3. The van der Waals surface area contributed by atoms with Crippen molar-refractivity contribution in [1.29, 1.82) is 0 Å². The van der Waals surface area contributed by atoms with E-state index in [2.05, 4.69) is 24.0 Å². The van der Waals surface area contributed by atoms with Gasteiger partial charge < -0.3 is 14.4 Å². The van der Waals surface area contributed by atoms with Crippen LogP contribution in [0.2, 0.25) is 0 Å². The molecule has 17 heavy (non-hydrogen) atoms. The molecule has 0 amide bonds. The number of ether oxygens (including phenoxy) is 1. The van der Waals surface area contributed by atoms with Gasteiger partial charge in [0.05, 0.1) is 12.5 Å². The summed E-state index contributed by atoms with van der Waals surface area (Å²) in [7, 11) is 1.60. The van der Waals surface area contributed by atoms with Crippen molar-refractivity contribution in [3.8, 4) is 0 Å². The fourth-order valence-electron chi connectivity index (χ4n) is 1.50. The van der Waals surface area contributed by atoms with Gasteiger partial charge in [-0.2, -0.15) is 4.98 Å². The largest absolute Gasteiger partial charge is 0.393 e. The van der Waals surface area contributed by atoms with Gasteiger partial charge in [0, 0.05) is 7.11 Å². The van der Waals surface area contributed by atoms with Crippen molar-refractivity contribution in [2.45, 2.75) is 52.2 Å². The molecule has 5 nitrogen and oxygen atoms in total. The van der Waals surface area contributed by atoms with Crippen molar-refractivity contribution < 1.29 is 14.4 Å². The Morgan fingerprint density at radius 2 is 2.06 bits per heavy atom. The molecule has 0 spiro atoms. The molecule has 0 fully saturated rings. The highest BCUT2D eigenvalue weighted by atomic mass is 16.5. The molecule has 0 bridgehead atoms. The predicted molar refractivity (Wildman–Crippen MR) is 63.5 cm³/mol. The summed E-state index contributed by atoms with van der Waals surface area (Å²) in [6.07, 6.45) is 0.685. The van der Waals surface area contributed by atoms with Gasteiger partial charge in [-0.15, -0.1) is 0 Å². The second-order valence-electron chi connectivity index (χ2n) is 5.21. The normalized spacial score (nSPS) is 14.3. The zero-order chi connectivity index (χ0) is 13.1. The lowest BCUT2D eigenvalue weighted by Crippen LogP contribution is -2.21. The van der Waals surface area contributed by atoms with E-state index in [9.17, 15) is 5.11 Å². The number of aliphatic hydroxyl groups excluding tert-OH is 1. The predicted octanol–water partition coefficient (Wildman–Crippen LogP) is 1.90. The molecule has 1 aromatic heterocycles. The van der Waals surface area contributed by atoms with Crippen molar-refractivity contribution in [3.05, 3.63) is 11.7 Å². The molecular weight excluding hydrogens is 220 g/mol. The third-order valence-electron chi connectivity index (χ3n) is 2.67. The second kappa shape index (κ2) is 5.60. The Labute approximate surface area is 102 Å². The average Bonchev–Trinajstić information content (AvgIpc) is 2.65. The first-order chi connectivity index (χ1) is 7.85. The lowest BCUT2D eigenvalue weighted by Gasteiger charge is -2.17. The van der Waals surface area contributed by atoms with E-state index in [1.807, 2.05) is 13.8 Å². The Morgan fingerprint density at radius 3 is 2.59 bits per heavy atom. The molecular formula is C12H22N2O3. The molecule has 98 valence electrons. The van der Waals surface area contributed by atoms with Gasteiger partial charge in [-0.3, -0.25) is 0 Å². The van der Waals surface area contributed by atoms with Crippen molar-refractivity contribution in [2.24, 2.45) is 5.92 Å². The summed E-state index contributed by atoms with van der Waals surface area (Å²) in [6.45, 7) is 7.87. The molecule has 0 saturated heterocycles. The van der Waals surface area contributed by atoms with Gasteiger partial charge in [0.25, 0.3) is 0 Å². The number of aliphatic hydroxyl groups is 1. The van der Waals surface area contributed by atoms with Gasteiger partial charge in [-0.1, -0.05) is 19.0 Å². The molecule has 1 aromatic rings. The molecule has 1 heterocycles. The van der Waals surface area contributed by atoms with E-state index in [0.29, 0.717) is 24.1 Å². The minimum atomic E-state index is -0.565. The molecule has 0 radical (unpaired) electrons. The highest BCUT2D eigenvalue weighted by Gasteiger charge is 2.26.